The second-order valence-corrected chi connectivity index (χ2v) is 10.8. The van der Waals surface area contributed by atoms with Gasteiger partial charge in [0.05, 0.1) is 30.3 Å². The average Bonchev–Trinajstić information content (AvgIpc) is 3.21. The van der Waals surface area contributed by atoms with Gasteiger partial charge in [0.1, 0.15) is 0 Å². The first-order valence-corrected chi connectivity index (χ1v) is 19.1. The van der Waals surface area contributed by atoms with Gasteiger partial charge >= 0.3 is 12.1 Å². The minimum Gasteiger partial charge on any atom is -0.481 e. The maximum Gasteiger partial charge on any atom is 0.373 e. The predicted octanol–water partition coefficient (Wildman–Crippen LogP) is 10.6. The van der Waals surface area contributed by atoms with Gasteiger partial charge in [0.15, 0.2) is 0 Å². The van der Waals surface area contributed by atoms with Gasteiger partial charge in [-0.3, -0.25) is 4.79 Å². The van der Waals surface area contributed by atoms with Crippen molar-refractivity contribution in [1.29, 1.82) is 36.8 Å². The molecule has 310 valence electrons. The van der Waals surface area contributed by atoms with Crippen molar-refractivity contribution in [3.05, 3.63) is 0 Å². The number of carbonyl (C=O) groups is 1. The van der Waals surface area contributed by atoms with E-state index in [-0.39, 0.29) is 12.1 Å². The molecule has 54 heavy (non-hydrogen) atoms. The number of nitrogens with zero attached hydrogens (tertiary/aromatic N) is 7. The Kier molecular flexibility index (Phi) is 152. The predicted molar refractivity (Wildman–Crippen MR) is 217 cm³/mol. The SMILES string of the molecule is C#N.C#N.CCC(C)C#N.CCCC.CCCCC#N.CCCCC#N.CCCCCCC(=O)O.N#CCCCCC#N.NCCCCCCN.O=C=O. The zero-order chi connectivity index (χ0) is 44.4. The standard InChI is InChI=1S/C7H14O2.C6H16N2.C6H8N2.3C5H9N.C4H10.2CHN.CO2/c1-2-3-4-5-6-7(8)9;2*7-5-3-1-2-4-6-8;1-3-5(2)4-6;2*1-2-3-4-5-6;1-3-4-2;2*1-2;2-1-3/h2-6H2,1H3,(H,8,9);1-8H2;1-4H2;5H,3H2,1-2H3;2*2-4H2,1H3;3-4H2,1-2H3;2*1H;. The van der Waals surface area contributed by atoms with Crippen LogP contribution in [0.3, 0.4) is 0 Å². The lowest BCUT2D eigenvalue weighted by atomic mass is 10.2. The van der Waals surface area contributed by atoms with Gasteiger partial charge in [-0.25, -0.2) is 10.5 Å². The van der Waals surface area contributed by atoms with E-state index in [1.165, 1.54) is 32.1 Å². The van der Waals surface area contributed by atoms with E-state index >= 15 is 0 Å². The third-order valence-electron chi connectivity index (χ3n) is 5.85. The zero-order valence-corrected chi connectivity index (χ0v) is 35.2. The lowest BCUT2D eigenvalue weighted by molar-refractivity contribution is -0.191. The first kappa shape index (κ1) is 74.4. The topological polar surface area (TPSA) is 290 Å². The van der Waals surface area contributed by atoms with Gasteiger partial charge < -0.3 is 16.6 Å². The number of carboxylic acid groups (broad SMARTS) is 1. The third kappa shape index (κ3) is 204. The Hall–Kier alpha value is -4.80. The summed E-state index contributed by atoms with van der Waals surface area (Å²) >= 11 is 0. The van der Waals surface area contributed by atoms with Crippen LogP contribution in [-0.2, 0) is 14.4 Å². The molecule has 0 aliphatic heterocycles. The number of carbonyl (C=O) groups excluding carboxylic acids is 2. The molecule has 0 saturated heterocycles. The number of nitriles is 7. The summed E-state index contributed by atoms with van der Waals surface area (Å²) in [5.41, 5.74) is 10.6. The van der Waals surface area contributed by atoms with Gasteiger partial charge in [-0.2, -0.15) is 35.9 Å². The van der Waals surface area contributed by atoms with Crippen molar-refractivity contribution in [3.8, 4) is 43.5 Å². The molecule has 0 rings (SSSR count). The van der Waals surface area contributed by atoms with E-state index in [9.17, 15) is 4.79 Å². The molecular weight excluding hydrogens is 683 g/mol. The molecule has 0 amide bonds. The van der Waals surface area contributed by atoms with Crippen molar-refractivity contribution in [2.45, 2.75) is 190 Å². The van der Waals surface area contributed by atoms with Crippen molar-refractivity contribution in [3.63, 3.8) is 0 Å². The molecule has 1 unspecified atom stereocenters. The largest absolute Gasteiger partial charge is 0.481 e. The first-order chi connectivity index (χ1) is 26.1. The van der Waals surface area contributed by atoms with E-state index in [2.05, 4.69) is 66.0 Å². The molecule has 13 nitrogen and oxygen atoms in total. The highest BCUT2D eigenvalue weighted by Crippen LogP contribution is 2.01. The smallest absolute Gasteiger partial charge is 0.373 e. The van der Waals surface area contributed by atoms with Crippen molar-refractivity contribution in [2.24, 2.45) is 17.4 Å². The highest BCUT2D eigenvalue weighted by atomic mass is 16.4. The molecule has 0 aromatic rings. The number of hydrogen-bond donors (Lipinski definition) is 3. The lowest BCUT2D eigenvalue weighted by Crippen LogP contribution is -2.00. The van der Waals surface area contributed by atoms with Crippen molar-refractivity contribution < 1.29 is 19.5 Å². The Morgan fingerprint density at radius 2 is 0.833 bits per heavy atom. The maximum atomic E-state index is 9.96. The van der Waals surface area contributed by atoms with Gasteiger partial charge in [-0.15, -0.1) is 0 Å². The molecule has 13 heteroatoms. The van der Waals surface area contributed by atoms with Crippen LogP contribution in [0, 0.1) is 86.2 Å². The van der Waals surface area contributed by atoms with E-state index in [4.69, 9.17) is 63.0 Å². The lowest BCUT2D eigenvalue weighted by Gasteiger charge is -1.94. The highest BCUT2D eigenvalue weighted by Gasteiger charge is 1.94. The number of rotatable bonds is 19. The summed E-state index contributed by atoms with van der Waals surface area (Å²) in [6.07, 6.45) is 21.9. The summed E-state index contributed by atoms with van der Waals surface area (Å²) < 4.78 is 0. The van der Waals surface area contributed by atoms with Crippen molar-refractivity contribution >= 4 is 12.1 Å². The molecular formula is C41H77N9O4. The molecule has 1 atom stereocenters. The van der Waals surface area contributed by atoms with Gasteiger partial charge in [-0.1, -0.05) is 99.3 Å². The van der Waals surface area contributed by atoms with Crippen LogP contribution in [0.1, 0.15) is 190 Å². The molecule has 0 spiro atoms. The summed E-state index contributed by atoms with van der Waals surface area (Å²) in [4.78, 5) is 26.2. The number of nitrogens with two attached hydrogens (primary N) is 2. The fraction of sp³-hybridized carbons (Fsp3) is 0.780. The van der Waals surface area contributed by atoms with Crippen LogP contribution in [-0.4, -0.2) is 30.3 Å². The molecule has 0 aliphatic rings. The normalized spacial score (nSPS) is 7.93. The first-order valence-electron chi connectivity index (χ1n) is 19.1. The number of unbranched alkanes of at least 4 members (excludes halogenated alkanes) is 14. The quantitative estimate of drug-likeness (QED) is 0.103. The summed E-state index contributed by atoms with van der Waals surface area (Å²) in [6.45, 7) is 23.2. The van der Waals surface area contributed by atoms with Gasteiger partial charge in [0, 0.05) is 51.2 Å². The zero-order valence-electron chi connectivity index (χ0n) is 35.2. The Morgan fingerprint density at radius 1 is 0.537 bits per heavy atom. The van der Waals surface area contributed by atoms with Crippen LogP contribution >= 0.6 is 0 Å². The van der Waals surface area contributed by atoms with E-state index in [0.29, 0.717) is 19.3 Å². The van der Waals surface area contributed by atoms with E-state index in [0.717, 1.165) is 103 Å². The number of hydrogen-bond acceptors (Lipinski definition) is 12. The molecule has 0 radical (unpaired) electrons. The third-order valence-corrected chi connectivity index (χ3v) is 5.85. The number of carboxylic acids is 1. The molecule has 0 aromatic carbocycles. The molecule has 0 fully saturated rings. The van der Waals surface area contributed by atoms with E-state index in [1.807, 2.05) is 26.0 Å². The monoisotopic (exact) mass is 760 g/mol. The van der Waals surface area contributed by atoms with Crippen LogP contribution in [0.2, 0.25) is 0 Å². The van der Waals surface area contributed by atoms with Gasteiger partial charge in [0.25, 0.3) is 0 Å². The van der Waals surface area contributed by atoms with Crippen LogP contribution < -0.4 is 11.5 Å². The molecule has 0 heterocycles. The average molecular weight is 760 g/mol. The Balaban J connectivity index is -0.0000000513. The highest BCUT2D eigenvalue weighted by molar-refractivity contribution is 5.66. The summed E-state index contributed by atoms with van der Waals surface area (Å²) in [5, 5.41) is 61.3. The fourth-order valence-electron chi connectivity index (χ4n) is 2.36. The Morgan fingerprint density at radius 3 is 1.00 bits per heavy atom. The molecule has 0 bridgehead atoms. The summed E-state index contributed by atoms with van der Waals surface area (Å²) in [6, 6.07) is 10.3. The van der Waals surface area contributed by atoms with Gasteiger partial charge in [0.2, 0.25) is 0 Å². The van der Waals surface area contributed by atoms with E-state index in [1.54, 1.807) is 0 Å². The van der Waals surface area contributed by atoms with Crippen molar-refractivity contribution in [1.82, 2.24) is 0 Å². The van der Waals surface area contributed by atoms with E-state index < -0.39 is 5.97 Å². The van der Waals surface area contributed by atoms with Crippen LogP contribution in [0.5, 0.6) is 0 Å². The molecule has 0 aliphatic carbocycles. The maximum absolute atomic E-state index is 9.96. The fourth-order valence-corrected chi connectivity index (χ4v) is 2.36. The Bertz CT molecular complexity index is 870. The van der Waals surface area contributed by atoms with Crippen molar-refractivity contribution in [2.75, 3.05) is 13.1 Å². The second kappa shape index (κ2) is 110. The molecule has 5 N–H and O–H groups in total. The second-order valence-electron chi connectivity index (χ2n) is 10.8. The summed E-state index contributed by atoms with van der Waals surface area (Å²) in [5.74, 6) is -0.434. The number of aliphatic carboxylic acids is 1. The minimum atomic E-state index is -0.675. The van der Waals surface area contributed by atoms with Crippen LogP contribution in [0.25, 0.3) is 0 Å². The molecule has 0 aromatic heterocycles. The van der Waals surface area contributed by atoms with Crippen LogP contribution in [0.15, 0.2) is 0 Å². The van der Waals surface area contributed by atoms with Crippen LogP contribution in [0.4, 0.5) is 0 Å². The minimum absolute atomic E-state index is 0.241. The summed E-state index contributed by atoms with van der Waals surface area (Å²) in [7, 11) is 0. The molecule has 0 saturated carbocycles. The van der Waals surface area contributed by atoms with Gasteiger partial charge in [-0.05, 0) is 71.4 Å². The Labute approximate surface area is 331 Å².